The van der Waals surface area contributed by atoms with Crippen molar-refractivity contribution in [3.8, 4) is 0 Å². The van der Waals surface area contributed by atoms with Gasteiger partial charge in [-0.2, -0.15) is 0 Å². The van der Waals surface area contributed by atoms with Crippen molar-refractivity contribution in [1.82, 2.24) is 18.8 Å². The number of fused-ring (bicyclic) bond motifs is 4. The number of likely N-dealkylation sites (N-methyl/N-ethyl adjacent to an activating group) is 1. The molecule has 42 heavy (non-hydrogen) atoms. The predicted octanol–water partition coefficient (Wildman–Crippen LogP) is 6.76. The van der Waals surface area contributed by atoms with Gasteiger partial charge in [-0.15, -0.1) is 0 Å². The van der Waals surface area contributed by atoms with Crippen LogP contribution in [0.4, 0.5) is 0 Å². The molecule has 1 aromatic heterocycles. The van der Waals surface area contributed by atoms with Gasteiger partial charge in [0.05, 0.1) is 15.9 Å². The van der Waals surface area contributed by atoms with Crippen molar-refractivity contribution in [3.63, 3.8) is 0 Å². The van der Waals surface area contributed by atoms with Crippen molar-refractivity contribution >= 4 is 32.7 Å². The molecule has 0 spiro atoms. The van der Waals surface area contributed by atoms with Gasteiger partial charge in [-0.3, -0.25) is 4.90 Å². The van der Waals surface area contributed by atoms with E-state index < -0.39 is 10.0 Å². The Morgan fingerprint density at radius 2 is 1.71 bits per heavy atom. The molecular formula is C34H39ClN4O2S. The molecule has 0 amide bonds. The van der Waals surface area contributed by atoms with Crippen LogP contribution in [-0.4, -0.2) is 59.4 Å². The fourth-order valence-corrected chi connectivity index (χ4v) is 9.93. The Hall–Kier alpha value is -2.71. The summed E-state index contributed by atoms with van der Waals surface area (Å²) in [4.78, 5) is 7.87. The monoisotopic (exact) mass is 602 g/mol. The summed E-state index contributed by atoms with van der Waals surface area (Å²) in [5, 5.41) is 0.433. The fourth-order valence-electron chi connectivity index (χ4n) is 8.38. The van der Waals surface area contributed by atoms with E-state index >= 15 is 0 Å². The minimum Gasteiger partial charge on any atom is -0.325 e. The van der Waals surface area contributed by atoms with Gasteiger partial charge in [-0.05, 0) is 99.9 Å². The molecular weight excluding hydrogens is 564 g/mol. The minimum absolute atomic E-state index is 0.218. The maximum absolute atomic E-state index is 13.7. The number of benzene rings is 3. The number of sulfonamides is 1. The largest absolute Gasteiger partial charge is 0.325 e. The van der Waals surface area contributed by atoms with Gasteiger partial charge in [-0.25, -0.2) is 17.7 Å². The third kappa shape index (κ3) is 4.79. The molecule has 2 aliphatic heterocycles. The third-order valence-electron chi connectivity index (χ3n) is 10.3. The predicted molar refractivity (Wildman–Crippen MR) is 169 cm³/mol. The van der Waals surface area contributed by atoms with E-state index in [4.69, 9.17) is 16.6 Å². The number of rotatable bonds is 8. The van der Waals surface area contributed by atoms with Gasteiger partial charge in [0.1, 0.15) is 5.82 Å². The van der Waals surface area contributed by atoms with E-state index in [0.29, 0.717) is 29.7 Å². The van der Waals surface area contributed by atoms with Gasteiger partial charge in [0.15, 0.2) is 0 Å². The second-order valence-electron chi connectivity index (χ2n) is 12.7. The molecule has 2 unspecified atom stereocenters. The molecule has 7 rings (SSSR count). The molecule has 3 heterocycles. The second kappa shape index (κ2) is 10.8. The van der Waals surface area contributed by atoms with E-state index in [-0.39, 0.29) is 10.3 Å². The average molecular weight is 603 g/mol. The number of aryl methyl sites for hydroxylation is 2. The van der Waals surface area contributed by atoms with E-state index in [0.717, 1.165) is 50.0 Å². The highest BCUT2D eigenvalue weighted by atomic mass is 35.5. The lowest BCUT2D eigenvalue weighted by atomic mass is 9.78. The van der Waals surface area contributed by atoms with Crippen LogP contribution >= 0.6 is 11.6 Å². The summed E-state index contributed by atoms with van der Waals surface area (Å²) in [7, 11) is -1.94. The summed E-state index contributed by atoms with van der Waals surface area (Å²) in [6, 6.07) is 25.4. The molecule has 3 aromatic carbocycles. The number of hydrogen-bond acceptors (Lipinski definition) is 4. The van der Waals surface area contributed by atoms with Crippen LogP contribution in [0.2, 0.25) is 5.02 Å². The highest BCUT2D eigenvalue weighted by Gasteiger charge is 2.45. The first-order valence-electron chi connectivity index (χ1n) is 15.2. The van der Waals surface area contributed by atoms with Crippen LogP contribution in [0.25, 0.3) is 11.0 Å². The van der Waals surface area contributed by atoms with Crippen LogP contribution in [0, 0.1) is 6.92 Å². The molecule has 4 atom stereocenters. The summed E-state index contributed by atoms with van der Waals surface area (Å²) in [5.41, 5.74) is 4.79. The summed E-state index contributed by atoms with van der Waals surface area (Å²) in [5.74, 6) is 1.11. The summed E-state index contributed by atoms with van der Waals surface area (Å²) in [6.07, 6.45) is 7.66. The smallest absolute Gasteiger partial charge is 0.242 e. The highest BCUT2D eigenvalue weighted by Crippen LogP contribution is 2.46. The maximum atomic E-state index is 13.7. The Labute approximate surface area is 254 Å². The molecule has 220 valence electrons. The number of aromatic nitrogens is 2. The van der Waals surface area contributed by atoms with Crippen LogP contribution in [0.3, 0.4) is 0 Å². The van der Waals surface area contributed by atoms with E-state index in [1.54, 1.807) is 35.6 Å². The number of para-hydroxylation sites is 2. The van der Waals surface area contributed by atoms with Gasteiger partial charge in [0.25, 0.3) is 0 Å². The topological polar surface area (TPSA) is 58.4 Å². The van der Waals surface area contributed by atoms with Crippen molar-refractivity contribution in [2.24, 2.45) is 0 Å². The van der Waals surface area contributed by atoms with Crippen LogP contribution in [0.1, 0.15) is 61.5 Å². The minimum atomic E-state index is -3.67. The SMILES string of the molecule is Cc1nc2ccccc2n1C1C[C@H]2CC[C@@H](C1)N2CCC1(CN(C)S(=O)(=O)c2cccc(Cl)c2)CCc2ccccc21. The number of imidazole rings is 1. The van der Waals surface area contributed by atoms with E-state index in [1.807, 2.05) is 0 Å². The molecule has 0 saturated carbocycles. The fraction of sp³-hybridized carbons (Fsp3) is 0.441. The van der Waals surface area contributed by atoms with Crippen LogP contribution in [0.15, 0.2) is 77.7 Å². The molecule has 8 heteroatoms. The molecule has 1 aliphatic carbocycles. The Morgan fingerprint density at radius 3 is 2.50 bits per heavy atom. The standard InChI is InChI=1S/C34H39ClN4O2S/c1-24-36-32-12-5-6-13-33(32)39(24)29-21-27-14-15-28(22-29)38(27)19-18-34(17-16-25-8-3-4-11-31(25)34)23-37(2)42(40,41)30-10-7-9-26(35)20-30/h3-13,20,27-29H,14-19,21-23H2,1-2H3/t27-,28+,29?,34?. The van der Waals surface area contributed by atoms with Crippen molar-refractivity contribution in [2.75, 3.05) is 20.1 Å². The van der Waals surface area contributed by atoms with Gasteiger partial charge >= 0.3 is 0 Å². The van der Waals surface area contributed by atoms with E-state index in [1.165, 1.54) is 29.5 Å². The first-order chi connectivity index (χ1) is 20.2. The van der Waals surface area contributed by atoms with Crippen molar-refractivity contribution < 1.29 is 8.42 Å². The molecule has 0 radical (unpaired) electrons. The number of nitrogens with zero attached hydrogens (tertiary/aromatic N) is 4. The van der Waals surface area contributed by atoms with Crippen molar-refractivity contribution in [1.29, 1.82) is 0 Å². The number of halogens is 1. The normalized spacial score (nSPS) is 25.9. The Bertz CT molecular complexity index is 1720. The zero-order valence-electron chi connectivity index (χ0n) is 24.4. The first-order valence-corrected chi connectivity index (χ1v) is 17.1. The average Bonchev–Trinajstić information content (AvgIpc) is 3.59. The summed E-state index contributed by atoms with van der Waals surface area (Å²) < 4.78 is 31.4. The number of hydrogen-bond donors (Lipinski definition) is 0. The molecule has 0 N–H and O–H groups in total. The summed E-state index contributed by atoms with van der Waals surface area (Å²) >= 11 is 6.18. The summed E-state index contributed by atoms with van der Waals surface area (Å²) in [6.45, 7) is 3.60. The third-order valence-corrected chi connectivity index (χ3v) is 12.4. The van der Waals surface area contributed by atoms with Crippen LogP contribution in [-0.2, 0) is 21.9 Å². The van der Waals surface area contributed by atoms with Gasteiger partial charge in [-0.1, -0.05) is 54.1 Å². The van der Waals surface area contributed by atoms with Gasteiger partial charge in [0.2, 0.25) is 10.0 Å². The molecule has 2 saturated heterocycles. The van der Waals surface area contributed by atoms with E-state index in [9.17, 15) is 8.42 Å². The first kappa shape index (κ1) is 28.1. The quantitative estimate of drug-likeness (QED) is 0.224. The van der Waals surface area contributed by atoms with Crippen molar-refractivity contribution in [3.05, 3.63) is 94.8 Å². The molecule has 2 bridgehead atoms. The van der Waals surface area contributed by atoms with E-state index in [2.05, 4.69) is 64.9 Å². The van der Waals surface area contributed by atoms with Crippen molar-refractivity contribution in [2.45, 2.75) is 80.3 Å². The zero-order valence-corrected chi connectivity index (χ0v) is 26.0. The lowest BCUT2D eigenvalue weighted by Gasteiger charge is -2.42. The maximum Gasteiger partial charge on any atom is 0.242 e. The lowest BCUT2D eigenvalue weighted by Crippen LogP contribution is -2.47. The molecule has 3 aliphatic rings. The zero-order chi connectivity index (χ0) is 29.1. The van der Waals surface area contributed by atoms with Gasteiger partial charge in [0, 0.05) is 42.2 Å². The Kier molecular flexibility index (Phi) is 7.21. The number of piperidine rings is 1. The van der Waals surface area contributed by atoms with Crippen LogP contribution < -0.4 is 0 Å². The van der Waals surface area contributed by atoms with Gasteiger partial charge < -0.3 is 4.57 Å². The second-order valence-corrected chi connectivity index (χ2v) is 15.2. The lowest BCUT2D eigenvalue weighted by molar-refractivity contribution is 0.0949. The molecule has 4 aromatic rings. The highest BCUT2D eigenvalue weighted by molar-refractivity contribution is 7.89. The van der Waals surface area contributed by atoms with Crippen LogP contribution in [0.5, 0.6) is 0 Å². The molecule has 6 nitrogen and oxygen atoms in total. The molecule has 2 fully saturated rings. The Balaban J connectivity index is 1.13. The Morgan fingerprint density at radius 1 is 0.976 bits per heavy atom.